The molecule has 0 aromatic carbocycles. The van der Waals surface area contributed by atoms with Crippen LogP contribution in [0.5, 0.6) is 0 Å². The Morgan fingerprint density at radius 2 is 2.00 bits per heavy atom. The van der Waals surface area contributed by atoms with Crippen LogP contribution in [0.2, 0.25) is 0 Å². The molecule has 2 heterocycles. The highest BCUT2D eigenvalue weighted by Crippen LogP contribution is 2.53. The van der Waals surface area contributed by atoms with Gasteiger partial charge in [-0.3, -0.25) is 14.7 Å². The van der Waals surface area contributed by atoms with E-state index in [1.165, 1.54) is 0 Å². The first-order chi connectivity index (χ1) is 12.4. The number of likely N-dealkylation sites (tertiary alicyclic amines) is 1. The number of methoxy groups -OCH3 is 1. The second-order valence-electron chi connectivity index (χ2n) is 8.15. The molecule has 2 N–H and O–H groups in total. The standard InChI is InChI=1S/C17H24N4O2.C2H6O/c1-10(2)12-7-13(20-19-12)16(23)21-8-14(17(9-21)5-6-17)18-15(22)11-3-4-11;1-3-2/h7,10-11,14H,3-6,8-9H2,1-2H3,(H,18,22)(H,19,20);1-2H3. The van der Waals surface area contributed by atoms with Gasteiger partial charge in [0.05, 0.1) is 6.04 Å². The predicted molar refractivity (Wildman–Crippen MR) is 97.8 cm³/mol. The van der Waals surface area contributed by atoms with Crippen molar-refractivity contribution in [3.8, 4) is 0 Å². The molecular formula is C19H30N4O3. The predicted octanol–water partition coefficient (Wildman–Crippen LogP) is 1.93. The normalized spacial score (nSPS) is 23.0. The van der Waals surface area contributed by atoms with Crippen molar-refractivity contribution in [2.75, 3.05) is 27.3 Å². The van der Waals surface area contributed by atoms with Crippen LogP contribution in [-0.4, -0.2) is 60.3 Å². The van der Waals surface area contributed by atoms with Crippen LogP contribution in [0, 0.1) is 11.3 Å². The van der Waals surface area contributed by atoms with E-state index >= 15 is 0 Å². The molecule has 3 fully saturated rings. The van der Waals surface area contributed by atoms with Gasteiger partial charge in [0, 0.05) is 44.3 Å². The van der Waals surface area contributed by atoms with Crippen molar-refractivity contribution < 1.29 is 14.3 Å². The maximum absolute atomic E-state index is 12.7. The van der Waals surface area contributed by atoms with E-state index in [2.05, 4.69) is 34.1 Å². The minimum atomic E-state index is -0.0254. The van der Waals surface area contributed by atoms with Gasteiger partial charge in [-0.25, -0.2) is 0 Å². The van der Waals surface area contributed by atoms with E-state index in [0.717, 1.165) is 37.9 Å². The highest BCUT2D eigenvalue weighted by molar-refractivity contribution is 5.93. The van der Waals surface area contributed by atoms with Gasteiger partial charge in [-0.1, -0.05) is 13.8 Å². The maximum Gasteiger partial charge on any atom is 0.274 e. The SMILES string of the molecule is CC(C)c1cc(C(=O)N2CC(NC(=O)C3CC3)C3(CC3)C2)n[nH]1.COC. The van der Waals surface area contributed by atoms with Gasteiger partial charge in [0.2, 0.25) is 5.91 Å². The Balaban J connectivity index is 0.000000613. The number of aromatic nitrogens is 2. The number of rotatable bonds is 4. The van der Waals surface area contributed by atoms with Crippen molar-refractivity contribution in [1.82, 2.24) is 20.4 Å². The lowest BCUT2D eigenvalue weighted by Gasteiger charge is -2.18. The average Bonchev–Trinajstić information content (AvgIpc) is 3.49. The first kappa shape index (κ1) is 18.9. The highest BCUT2D eigenvalue weighted by Gasteiger charge is 2.57. The van der Waals surface area contributed by atoms with E-state index in [0.29, 0.717) is 18.2 Å². The summed E-state index contributed by atoms with van der Waals surface area (Å²) in [5, 5.41) is 10.3. The summed E-state index contributed by atoms with van der Waals surface area (Å²) in [6, 6.07) is 1.96. The molecule has 1 aliphatic heterocycles. The lowest BCUT2D eigenvalue weighted by molar-refractivity contribution is -0.123. The van der Waals surface area contributed by atoms with Gasteiger partial charge in [-0.05, 0) is 37.7 Å². The number of ether oxygens (including phenoxy) is 1. The number of nitrogens with zero attached hydrogens (tertiary/aromatic N) is 2. The summed E-state index contributed by atoms with van der Waals surface area (Å²) < 4.78 is 4.25. The quantitative estimate of drug-likeness (QED) is 0.857. The van der Waals surface area contributed by atoms with Gasteiger partial charge in [0.25, 0.3) is 5.91 Å². The zero-order valence-electron chi connectivity index (χ0n) is 16.2. The third kappa shape index (κ3) is 3.92. The Morgan fingerprint density at radius 3 is 2.50 bits per heavy atom. The number of aromatic amines is 1. The van der Waals surface area contributed by atoms with E-state index < -0.39 is 0 Å². The number of hydrogen-bond acceptors (Lipinski definition) is 4. The van der Waals surface area contributed by atoms with E-state index in [-0.39, 0.29) is 29.2 Å². The largest absolute Gasteiger partial charge is 0.388 e. The van der Waals surface area contributed by atoms with Crippen molar-refractivity contribution >= 4 is 11.8 Å². The van der Waals surface area contributed by atoms with Crippen LogP contribution in [-0.2, 0) is 9.53 Å². The summed E-state index contributed by atoms with van der Waals surface area (Å²) in [6.07, 6.45) is 4.23. The molecule has 0 radical (unpaired) electrons. The van der Waals surface area contributed by atoms with Crippen LogP contribution >= 0.6 is 0 Å². The molecule has 1 atom stereocenters. The molecule has 1 saturated heterocycles. The Kier molecular flexibility index (Phi) is 5.37. The van der Waals surface area contributed by atoms with E-state index in [9.17, 15) is 9.59 Å². The van der Waals surface area contributed by atoms with Crippen LogP contribution in [0.4, 0.5) is 0 Å². The summed E-state index contributed by atoms with van der Waals surface area (Å²) in [5.74, 6) is 0.693. The molecule has 1 unspecified atom stereocenters. The number of carbonyl (C=O) groups excluding carboxylic acids is 2. The van der Waals surface area contributed by atoms with Crippen molar-refractivity contribution in [2.45, 2.75) is 51.5 Å². The third-order valence-electron chi connectivity index (χ3n) is 5.53. The molecule has 2 saturated carbocycles. The number of carbonyl (C=O) groups is 2. The fourth-order valence-corrected chi connectivity index (χ4v) is 3.53. The molecule has 1 spiro atoms. The number of H-pyrrole nitrogens is 1. The molecule has 3 aliphatic rings. The van der Waals surface area contributed by atoms with Crippen molar-refractivity contribution in [2.24, 2.45) is 11.3 Å². The molecule has 4 rings (SSSR count). The molecule has 7 nitrogen and oxygen atoms in total. The first-order valence-electron chi connectivity index (χ1n) is 9.45. The second-order valence-corrected chi connectivity index (χ2v) is 8.15. The number of amides is 2. The zero-order chi connectivity index (χ0) is 18.9. The molecule has 1 aromatic rings. The summed E-state index contributed by atoms with van der Waals surface area (Å²) in [4.78, 5) is 26.6. The summed E-state index contributed by atoms with van der Waals surface area (Å²) in [6.45, 7) is 5.49. The van der Waals surface area contributed by atoms with E-state index in [4.69, 9.17) is 0 Å². The molecule has 1 aromatic heterocycles. The van der Waals surface area contributed by atoms with Gasteiger partial charge in [-0.15, -0.1) is 0 Å². The van der Waals surface area contributed by atoms with Crippen LogP contribution in [0.15, 0.2) is 6.07 Å². The molecule has 0 bridgehead atoms. The van der Waals surface area contributed by atoms with E-state index in [1.807, 2.05) is 11.0 Å². The number of hydrogen-bond donors (Lipinski definition) is 2. The molecule has 144 valence electrons. The van der Waals surface area contributed by atoms with Crippen LogP contribution in [0.25, 0.3) is 0 Å². The summed E-state index contributed by atoms with van der Waals surface area (Å²) >= 11 is 0. The van der Waals surface area contributed by atoms with Crippen LogP contribution < -0.4 is 5.32 Å². The van der Waals surface area contributed by atoms with Gasteiger partial charge in [0.15, 0.2) is 0 Å². The fraction of sp³-hybridized carbons (Fsp3) is 0.737. The Labute approximate surface area is 154 Å². The van der Waals surface area contributed by atoms with Gasteiger partial charge in [0.1, 0.15) is 5.69 Å². The maximum atomic E-state index is 12.7. The Morgan fingerprint density at radius 1 is 1.35 bits per heavy atom. The lowest BCUT2D eigenvalue weighted by atomic mass is 10.0. The van der Waals surface area contributed by atoms with Gasteiger partial charge in [-0.2, -0.15) is 5.10 Å². The van der Waals surface area contributed by atoms with Crippen molar-refractivity contribution in [3.05, 3.63) is 17.5 Å². The summed E-state index contributed by atoms with van der Waals surface area (Å²) in [7, 11) is 3.25. The lowest BCUT2D eigenvalue weighted by Crippen LogP contribution is -2.42. The van der Waals surface area contributed by atoms with Crippen LogP contribution in [0.3, 0.4) is 0 Å². The van der Waals surface area contributed by atoms with Crippen molar-refractivity contribution in [3.63, 3.8) is 0 Å². The topological polar surface area (TPSA) is 87.3 Å². The second kappa shape index (κ2) is 7.39. The van der Waals surface area contributed by atoms with Crippen LogP contribution in [0.1, 0.15) is 61.6 Å². The molecule has 26 heavy (non-hydrogen) atoms. The smallest absolute Gasteiger partial charge is 0.274 e. The monoisotopic (exact) mass is 362 g/mol. The van der Waals surface area contributed by atoms with Crippen molar-refractivity contribution in [1.29, 1.82) is 0 Å². The highest BCUT2D eigenvalue weighted by atomic mass is 16.4. The minimum Gasteiger partial charge on any atom is -0.388 e. The fourth-order valence-electron chi connectivity index (χ4n) is 3.53. The average molecular weight is 362 g/mol. The first-order valence-corrected chi connectivity index (χ1v) is 9.45. The molecule has 2 amide bonds. The van der Waals surface area contributed by atoms with Gasteiger partial charge >= 0.3 is 0 Å². The molecule has 2 aliphatic carbocycles. The number of nitrogens with one attached hydrogen (secondary N) is 2. The van der Waals surface area contributed by atoms with Gasteiger partial charge < -0.3 is 15.0 Å². The Bertz CT molecular complexity index is 661. The van der Waals surface area contributed by atoms with E-state index in [1.54, 1.807) is 14.2 Å². The minimum absolute atomic E-state index is 0.0254. The summed E-state index contributed by atoms with van der Waals surface area (Å²) in [5.41, 5.74) is 1.59. The zero-order valence-corrected chi connectivity index (χ0v) is 16.2. The molecular weight excluding hydrogens is 332 g/mol. The Hall–Kier alpha value is -1.89. The third-order valence-corrected chi connectivity index (χ3v) is 5.53. The molecule has 7 heteroatoms.